The zero-order valence-electron chi connectivity index (χ0n) is 17.8. The summed E-state index contributed by atoms with van der Waals surface area (Å²) in [4.78, 5) is 12.4. The summed E-state index contributed by atoms with van der Waals surface area (Å²) in [6.45, 7) is 21.0. The van der Waals surface area contributed by atoms with Crippen LogP contribution in [0.5, 0.6) is 0 Å². The molecule has 0 aliphatic carbocycles. The van der Waals surface area contributed by atoms with Crippen molar-refractivity contribution in [3.63, 3.8) is 0 Å². The van der Waals surface area contributed by atoms with Crippen molar-refractivity contribution in [3.8, 4) is 0 Å². The van der Waals surface area contributed by atoms with Crippen molar-refractivity contribution >= 4 is 8.32 Å². The molecule has 0 bridgehead atoms. The Bertz CT molecular complexity index is 280. The molecular formula is C21H46OSi. The summed E-state index contributed by atoms with van der Waals surface area (Å²) in [7, 11) is -2.54. The van der Waals surface area contributed by atoms with Gasteiger partial charge in [-0.15, -0.1) is 0 Å². The molecule has 1 N–H and O–H groups in total. The zero-order chi connectivity index (χ0) is 18.4. The van der Waals surface area contributed by atoms with Crippen LogP contribution in [0.25, 0.3) is 0 Å². The van der Waals surface area contributed by atoms with Gasteiger partial charge in [0.1, 0.15) is 0 Å². The highest BCUT2D eigenvalue weighted by Crippen LogP contribution is 2.65. The predicted molar refractivity (Wildman–Crippen MR) is 109 cm³/mol. The molecule has 140 valence electrons. The molecule has 0 heterocycles. The quantitative estimate of drug-likeness (QED) is 0.358. The van der Waals surface area contributed by atoms with Crippen LogP contribution in [0.2, 0.25) is 15.1 Å². The number of unbranched alkanes of at least 4 members (excludes halogenated alkanes) is 3. The minimum Gasteiger partial charge on any atom is -0.430 e. The Morgan fingerprint density at radius 2 is 0.783 bits per heavy atom. The van der Waals surface area contributed by atoms with Crippen LogP contribution >= 0.6 is 0 Å². The average molecular weight is 343 g/mol. The van der Waals surface area contributed by atoms with E-state index in [1.807, 2.05) is 0 Å². The van der Waals surface area contributed by atoms with Crippen molar-refractivity contribution in [1.82, 2.24) is 0 Å². The fourth-order valence-corrected chi connectivity index (χ4v) is 12.3. The molecule has 0 atom stereocenters. The molecule has 0 aliphatic heterocycles. The number of rotatable bonds is 12. The van der Waals surface area contributed by atoms with Crippen LogP contribution in [-0.2, 0) is 0 Å². The van der Waals surface area contributed by atoms with Crippen LogP contribution in [-0.4, -0.2) is 13.1 Å². The maximum absolute atomic E-state index is 12.4. The first kappa shape index (κ1) is 23.2. The third-order valence-electron chi connectivity index (χ3n) is 6.40. The maximum atomic E-state index is 12.4. The summed E-state index contributed by atoms with van der Waals surface area (Å²) < 4.78 is 0. The molecule has 0 saturated carbocycles. The van der Waals surface area contributed by atoms with Crippen molar-refractivity contribution in [2.75, 3.05) is 0 Å². The van der Waals surface area contributed by atoms with Crippen molar-refractivity contribution in [2.45, 2.75) is 135 Å². The summed E-state index contributed by atoms with van der Waals surface area (Å²) >= 11 is 0. The Balaban J connectivity index is 5.85. The normalized spacial score (nSPS) is 14.3. The van der Waals surface area contributed by atoms with Crippen LogP contribution in [0.15, 0.2) is 0 Å². The van der Waals surface area contributed by atoms with E-state index in [4.69, 9.17) is 0 Å². The van der Waals surface area contributed by atoms with Crippen LogP contribution < -0.4 is 0 Å². The highest BCUT2D eigenvalue weighted by Gasteiger charge is 2.63. The van der Waals surface area contributed by atoms with Gasteiger partial charge < -0.3 is 4.80 Å². The summed E-state index contributed by atoms with van der Waals surface area (Å²) in [5, 5.41) is 0.201. The summed E-state index contributed by atoms with van der Waals surface area (Å²) in [5.41, 5.74) is 0. The minimum atomic E-state index is -2.54. The molecule has 2 heteroatoms. The highest BCUT2D eigenvalue weighted by molar-refractivity contribution is 6.81. The van der Waals surface area contributed by atoms with Gasteiger partial charge in [0.25, 0.3) is 0 Å². The summed E-state index contributed by atoms with van der Waals surface area (Å²) in [6, 6.07) is 0. The molecule has 0 radical (unpaired) electrons. The molecule has 1 nitrogen and oxygen atoms in total. The van der Waals surface area contributed by atoms with Gasteiger partial charge in [-0.05, 0) is 34.4 Å². The lowest BCUT2D eigenvalue weighted by molar-refractivity contribution is 0.304. The average Bonchev–Trinajstić information content (AvgIpc) is 2.47. The second kappa shape index (κ2) is 9.04. The highest BCUT2D eigenvalue weighted by atomic mass is 28.4. The smallest absolute Gasteiger partial charge is 0.205 e. The van der Waals surface area contributed by atoms with Crippen LogP contribution in [0, 0.1) is 0 Å². The molecule has 0 aromatic carbocycles. The molecule has 0 aromatic heterocycles. The van der Waals surface area contributed by atoms with E-state index in [1.54, 1.807) is 0 Å². The Morgan fingerprint density at radius 1 is 0.565 bits per heavy atom. The largest absolute Gasteiger partial charge is 0.430 e. The van der Waals surface area contributed by atoms with E-state index < -0.39 is 8.32 Å². The van der Waals surface area contributed by atoms with Gasteiger partial charge in [-0.1, -0.05) is 101 Å². The van der Waals surface area contributed by atoms with Crippen LogP contribution in [0.1, 0.15) is 120 Å². The Hall–Kier alpha value is 0.177. The molecule has 0 aliphatic rings. The van der Waals surface area contributed by atoms with Crippen LogP contribution in [0.4, 0.5) is 0 Å². The third kappa shape index (κ3) is 5.08. The predicted octanol–water partition coefficient (Wildman–Crippen LogP) is 7.84. The van der Waals surface area contributed by atoms with Crippen molar-refractivity contribution in [3.05, 3.63) is 0 Å². The van der Waals surface area contributed by atoms with Gasteiger partial charge >= 0.3 is 0 Å². The lowest BCUT2D eigenvalue weighted by atomic mass is 10.0. The second-order valence-corrected chi connectivity index (χ2v) is 15.2. The van der Waals surface area contributed by atoms with Gasteiger partial charge in [-0.3, -0.25) is 0 Å². The Morgan fingerprint density at radius 3 is 0.957 bits per heavy atom. The van der Waals surface area contributed by atoms with E-state index in [9.17, 15) is 4.80 Å². The summed E-state index contributed by atoms with van der Waals surface area (Å²) in [5.74, 6) is 0. The fourth-order valence-electron chi connectivity index (χ4n) is 5.15. The first-order valence-electron chi connectivity index (χ1n) is 10.2. The maximum Gasteiger partial charge on any atom is 0.205 e. The van der Waals surface area contributed by atoms with E-state index in [0.29, 0.717) is 0 Å². The van der Waals surface area contributed by atoms with Gasteiger partial charge in [-0.2, -0.15) is 0 Å². The molecule has 0 unspecified atom stereocenters. The molecule has 0 saturated heterocycles. The monoisotopic (exact) mass is 342 g/mol. The molecule has 0 spiro atoms. The SMILES string of the molecule is CCCCC(C)(C)[Si](O)(C(C)(C)CCCC)C(C)(C)CCCC. The lowest BCUT2D eigenvalue weighted by Gasteiger charge is -2.58. The lowest BCUT2D eigenvalue weighted by Crippen LogP contribution is -2.61. The molecule has 0 rings (SSSR count). The van der Waals surface area contributed by atoms with Gasteiger partial charge in [-0.25, -0.2) is 0 Å². The topological polar surface area (TPSA) is 20.2 Å². The van der Waals surface area contributed by atoms with Gasteiger partial charge in [0.15, 0.2) is 0 Å². The van der Waals surface area contributed by atoms with E-state index in [-0.39, 0.29) is 15.1 Å². The van der Waals surface area contributed by atoms with E-state index in [2.05, 4.69) is 62.3 Å². The molecule has 0 fully saturated rings. The van der Waals surface area contributed by atoms with E-state index >= 15 is 0 Å². The minimum absolute atomic E-state index is 0.0670. The molecular weight excluding hydrogens is 296 g/mol. The van der Waals surface area contributed by atoms with Crippen molar-refractivity contribution < 1.29 is 4.80 Å². The van der Waals surface area contributed by atoms with Gasteiger partial charge in [0, 0.05) is 0 Å². The fraction of sp³-hybridized carbons (Fsp3) is 1.00. The molecule has 23 heavy (non-hydrogen) atoms. The Kier molecular flexibility index (Phi) is 9.11. The first-order valence-corrected chi connectivity index (χ1v) is 12.1. The number of hydrogen-bond donors (Lipinski definition) is 1. The molecule has 0 aromatic rings. The zero-order valence-corrected chi connectivity index (χ0v) is 18.8. The van der Waals surface area contributed by atoms with Crippen LogP contribution in [0.3, 0.4) is 0 Å². The second-order valence-electron chi connectivity index (χ2n) is 9.67. The van der Waals surface area contributed by atoms with Gasteiger partial charge in [0.05, 0.1) is 0 Å². The number of hydrogen-bond acceptors (Lipinski definition) is 1. The first-order chi connectivity index (χ1) is 10.4. The standard InChI is InChI=1S/C21H46OSi/c1-10-13-16-19(4,5)23(22,20(6,7)17-14-11-2)21(8,9)18-15-12-3/h22H,10-18H2,1-9H3. The Labute approximate surface area is 148 Å². The van der Waals surface area contributed by atoms with E-state index in [1.165, 1.54) is 38.5 Å². The molecule has 0 amide bonds. The van der Waals surface area contributed by atoms with Crippen molar-refractivity contribution in [1.29, 1.82) is 0 Å². The van der Waals surface area contributed by atoms with E-state index in [0.717, 1.165) is 19.3 Å². The van der Waals surface area contributed by atoms with Gasteiger partial charge in [0.2, 0.25) is 8.32 Å². The summed E-state index contributed by atoms with van der Waals surface area (Å²) in [6.07, 6.45) is 10.9. The third-order valence-corrected chi connectivity index (χ3v) is 13.0. The van der Waals surface area contributed by atoms with Crippen molar-refractivity contribution in [2.24, 2.45) is 0 Å².